The summed E-state index contributed by atoms with van der Waals surface area (Å²) in [6, 6.07) is 14.8. The minimum atomic E-state index is -0.386. The third-order valence-electron chi connectivity index (χ3n) is 4.98. The number of amides is 1. The van der Waals surface area contributed by atoms with Crippen LogP contribution in [0.5, 0.6) is 11.5 Å². The number of hydrogen-bond acceptors (Lipinski definition) is 8. The van der Waals surface area contributed by atoms with Crippen LogP contribution in [0.15, 0.2) is 65.1 Å². The van der Waals surface area contributed by atoms with Crippen molar-refractivity contribution < 1.29 is 18.7 Å². The molecule has 0 aliphatic heterocycles. The van der Waals surface area contributed by atoms with Crippen molar-refractivity contribution in [1.82, 2.24) is 20.2 Å². The number of nitrogens with one attached hydrogen (secondary N) is 1. The Labute approximate surface area is 203 Å². The summed E-state index contributed by atoms with van der Waals surface area (Å²) in [6.07, 6.45) is 0. The number of nitrogens with two attached hydrogens (primary N) is 1. The maximum atomic E-state index is 13.4. The fraction of sp³-hybridized carbons (Fsp3) is 0.174. The minimum absolute atomic E-state index is 0.0676. The van der Waals surface area contributed by atoms with Gasteiger partial charge in [-0.25, -0.2) is 9.07 Å². The SMILES string of the molecule is COc1ccc(-c2nnc(SCC(=O)NC(c3ccc(F)cc3)c3cccs3)n2N)c(OC)c1. The van der Waals surface area contributed by atoms with E-state index in [1.807, 2.05) is 17.5 Å². The molecule has 0 saturated heterocycles. The van der Waals surface area contributed by atoms with Crippen molar-refractivity contribution in [2.24, 2.45) is 0 Å². The van der Waals surface area contributed by atoms with Gasteiger partial charge in [-0.05, 0) is 41.3 Å². The Bertz CT molecular complexity index is 1260. The van der Waals surface area contributed by atoms with E-state index in [2.05, 4.69) is 15.5 Å². The van der Waals surface area contributed by atoms with Gasteiger partial charge in [-0.2, -0.15) is 0 Å². The number of rotatable bonds is 9. The van der Waals surface area contributed by atoms with Crippen LogP contribution < -0.4 is 20.6 Å². The molecule has 4 aromatic rings. The predicted octanol–water partition coefficient (Wildman–Crippen LogP) is 3.87. The van der Waals surface area contributed by atoms with Gasteiger partial charge in [-0.15, -0.1) is 21.5 Å². The number of ether oxygens (including phenoxy) is 2. The molecule has 2 aromatic carbocycles. The van der Waals surface area contributed by atoms with Crippen molar-refractivity contribution in [3.63, 3.8) is 0 Å². The van der Waals surface area contributed by atoms with Crippen molar-refractivity contribution >= 4 is 29.0 Å². The fourth-order valence-corrected chi connectivity index (χ4v) is 4.77. The average molecular weight is 500 g/mol. The second-order valence-electron chi connectivity index (χ2n) is 7.10. The van der Waals surface area contributed by atoms with Crippen LogP contribution in [0, 0.1) is 5.82 Å². The second-order valence-corrected chi connectivity index (χ2v) is 9.02. The van der Waals surface area contributed by atoms with Crippen molar-refractivity contribution in [2.45, 2.75) is 11.2 Å². The Hall–Kier alpha value is -3.57. The maximum absolute atomic E-state index is 13.4. The van der Waals surface area contributed by atoms with E-state index in [1.165, 1.54) is 28.1 Å². The summed E-state index contributed by atoms with van der Waals surface area (Å²) in [4.78, 5) is 13.7. The van der Waals surface area contributed by atoms with Crippen molar-refractivity contribution in [3.05, 3.63) is 76.2 Å². The van der Waals surface area contributed by atoms with Crippen LogP contribution in [0.1, 0.15) is 16.5 Å². The van der Waals surface area contributed by atoms with Gasteiger partial charge in [0.1, 0.15) is 17.3 Å². The molecule has 0 spiro atoms. The van der Waals surface area contributed by atoms with Crippen molar-refractivity contribution in [2.75, 3.05) is 25.8 Å². The molecule has 2 heterocycles. The molecule has 1 atom stereocenters. The Morgan fingerprint density at radius 2 is 1.97 bits per heavy atom. The minimum Gasteiger partial charge on any atom is -0.497 e. The molecule has 0 fully saturated rings. The molecule has 0 aliphatic rings. The number of benzene rings is 2. The summed E-state index contributed by atoms with van der Waals surface area (Å²) >= 11 is 2.67. The molecule has 1 amide bonds. The number of thioether (sulfide) groups is 1. The maximum Gasteiger partial charge on any atom is 0.231 e. The van der Waals surface area contributed by atoms with E-state index in [-0.39, 0.29) is 23.5 Å². The number of methoxy groups -OCH3 is 2. The number of halogens is 1. The Kier molecular flexibility index (Phi) is 7.33. The predicted molar refractivity (Wildman–Crippen MR) is 130 cm³/mol. The number of carbonyl (C=O) groups is 1. The zero-order chi connectivity index (χ0) is 24.1. The summed E-state index contributed by atoms with van der Waals surface area (Å²) in [7, 11) is 3.11. The average Bonchev–Trinajstić information content (AvgIpc) is 3.51. The van der Waals surface area contributed by atoms with E-state index in [4.69, 9.17) is 15.3 Å². The fourth-order valence-electron chi connectivity index (χ4n) is 3.30. The molecular formula is C23H22FN5O3S2. The second kappa shape index (κ2) is 10.6. The smallest absolute Gasteiger partial charge is 0.231 e. The van der Waals surface area contributed by atoms with Crippen LogP contribution in [0.3, 0.4) is 0 Å². The van der Waals surface area contributed by atoms with E-state index < -0.39 is 0 Å². The molecule has 0 saturated carbocycles. The number of nitrogen functional groups attached to an aromatic ring is 1. The third-order valence-corrected chi connectivity index (χ3v) is 6.86. The van der Waals surface area contributed by atoms with Crippen molar-refractivity contribution in [1.29, 1.82) is 0 Å². The zero-order valence-electron chi connectivity index (χ0n) is 18.4. The number of nitrogens with zero attached hydrogens (tertiary/aromatic N) is 3. The van der Waals surface area contributed by atoms with Crippen LogP contribution in [0.4, 0.5) is 4.39 Å². The first-order chi connectivity index (χ1) is 16.5. The molecule has 2 aromatic heterocycles. The van der Waals surface area contributed by atoms with E-state index in [0.29, 0.717) is 28.0 Å². The van der Waals surface area contributed by atoms with Gasteiger partial charge in [0, 0.05) is 10.9 Å². The first-order valence-corrected chi connectivity index (χ1v) is 12.0. The molecule has 176 valence electrons. The summed E-state index contributed by atoms with van der Waals surface area (Å²) in [5.41, 5.74) is 1.43. The van der Waals surface area contributed by atoms with Crippen LogP contribution in [-0.4, -0.2) is 40.8 Å². The number of thiophene rings is 1. The monoisotopic (exact) mass is 499 g/mol. The Balaban J connectivity index is 1.47. The Morgan fingerprint density at radius 1 is 1.18 bits per heavy atom. The highest BCUT2D eigenvalue weighted by molar-refractivity contribution is 7.99. The van der Waals surface area contributed by atoms with Gasteiger partial charge < -0.3 is 20.6 Å². The molecule has 0 bridgehead atoms. The summed E-state index contributed by atoms with van der Waals surface area (Å²) in [5, 5.41) is 13.6. The lowest BCUT2D eigenvalue weighted by Gasteiger charge is -2.18. The van der Waals surface area contributed by atoms with Crippen molar-refractivity contribution in [3.8, 4) is 22.9 Å². The van der Waals surface area contributed by atoms with Crippen LogP contribution in [0.25, 0.3) is 11.4 Å². The van der Waals surface area contributed by atoms with Gasteiger partial charge in [0.2, 0.25) is 11.1 Å². The molecule has 8 nitrogen and oxygen atoms in total. The number of carbonyl (C=O) groups excluding carboxylic acids is 1. The molecule has 34 heavy (non-hydrogen) atoms. The van der Waals surface area contributed by atoms with Gasteiger partial charge in [-0.3, -0.25) is 4.79 Å². The lowest BCUT2D eigenvalue weighted by atomic mass is 10.1. The number of aromatic nitrogens is 3. The molecule has 3 N–H and O–H groups in total. The molecule has 4 rings (SSSR count). The largest absolute Gasteiger partial charge is 0.497 e. The highest BCUT2D eigenvalue weighted by atomic mass is 32.2. The molecule has 11 heteroatoms. The number of hydrogen-bond donors (Lipinski definition) is 2. The van der Waals surface area contributed by atoms with E-state index in [1.54, 1.807) is 44.6 Å². The standard InChI is InChI=1S/C23H22FN5O3S2/c1-31-16-9-10-17(18(12-16)32-2)22-27-28-23(29(22)25)34-13-20(30)26-21(19-4-3-11-33-19)14-5-7-15(24)8-6-14/h3-12,21H,13,25H2,1-2H3,(H,26,30). The Morgan fingerprint density at radius 3 is 2.65 bits per heavy atom. The quantitative estimate of drug-likeness (QED) is 0.266. The molecule has 0 radical (unpaired) electrons. The van der Waals surface area contributed by atoms with E-state index in [0.717, 1.165) is 22.2 Å². The lowest BCUT2D eigenvalue weighted by Crippen LogP contribution is -2.30. The van der Waals surface area contributed by atoms with Gasteiger partial charge in [0.15, 0.2) is 5.82 Å². The first-order valence-electron chi connectivity index (χ1n) is 10.1. The third kappa shape index (κ3) is 5.15. The van der Waals surface area contributed by atoms with Crippen LogP contribution in [-0.2, 0) is 4.79 Å². The van der Waals surface area contributed by atoms with Gasteiger partial charge in [-0.1, -0.05) is 30.0 Å². The normalized spacial score (nSPS) is 11.7. The zero-order valence-corrected chi connectivity index (χ0v) is 20.0. The summed E-state index contributed by atoms with van der Waals surface area (Å²) in [6.45, 7) is 0. The first kappa shape index (κ1) is 23.6. The van der Waals surface area contributed by atoms with E-state index in [9.17, 15) is 9.18 Å². The highest BCUT2D eigenvalue weighted by Crippen LogP contribution is 2.33. The summed E-state index contributed by atoms with van der Waals surface area (Å²) in [5.74, 6) is 7.29. The lowest BCUT2D eigenvalue weighted by molar-refractivity contribution is -0.119. The topological polar surface area (TPSA) is 104 Å². The molecular weight excluding hydrogens is 477 g/mol. The van der Waals surface area contributed by atoms with Gasteiger partial charge in [0.25, 0.3) is 0 Å². The molecule has 1 unspecified atom stereocenters. The summed E-state index contributed by atoms with van der Waals surface area (Å²) < 4.78 is 25.3. The van der Waals surface area contributed by atoms with Crippen LogP contribution >= 0.6 is 23.1 Å². The van der Waals surface area contributed by atoms with Gasteiger partial charge in [0.05, 0.1) is 31.6 Å². The molecule has 0 aliphatic carbocycles. The highest BCUT2D eigenvalue weighted by Gasteiger charge is 2.21. The van der Waals surface area contributed by atoms with E-state index >= 15 is 0 Å². The van der Waals surface area contributed by atoms with Gasteiger partial charge >= 0.3 is 0 Å². The van der Waals surface area contributed by atoms with Crippen LogP contribution in [0.2, 0.25) is 0 Å².